The van der Waals surface area contributed by atoms with E-state index in [1.54, 1.807) is 11.3 Å². The summed E-state index contributed by atoms with van der Waals surface area (Å²) in [6.07, 6.45) is 0. The highest BCUT2D eigenvalue weighted by Crippen LogP contribution is 2.26. The highest BCUT2D eigenvalue weighted by atomic mass is 32.1. The fraction of sp³-hybridized carbons (Fsp3) is 0.500. The second-order valence-electron chi connectivity index (χ2n) is 4.51. The minimum Gasteiger partial charge on any atom is -0.348 e. The van der Waals surface area contributed by atoms with E-state index in [1.165, 1.54) is 9.75 Å². The first-order valence-electron chi connectivity index (χ1n) is 5.89. The van der Waals surface area contributed by atoms with Gasteiger partial charge in [-0.15, -0.1) is 11.3 Å². The Hall–Kier alpha value is -1.56. The van der Waals surface area contributed by atoms with Crippen LogP contribution in [-0.4, -0.2) is 24.5 Å². The van der Waals surface area contributed by atoms with Crippen LogP contribution in [0.15, 0.2) is 6.07 Å². The van der Waals surface area contributed by atoms with Crippen molar-refractivity contribution in [3.05, 3.63) is 21.4 Å². The van der Waals surface area contributed by atoms with Gasteiger partial charge in [-0.05, 0) is 32.4 Å². The molecule has 3 N–H and O–H groups in total. The lowest BCUT2D eigenvalue weighted by Gasteiger charge is -2.16. The Labute approximate surface area is 110 Å². The number of hydrogen-bond acceptors (Lipinski definition) is 3. The monoisotopic (exact) mass is 267 g/mol. The van der Waals surface area contributed by atoms with E-state index < -0.39 is 6.04 Å². The van der Waals surface area contributed by atoms with E-state index in [4.69, 9.17) is 0 Å². The number of nitrogens with one attached hydrogen (secondary N) is 3. The van der Waals surface area contributed by atoms with Crippen LogP contribution >= 0.6 is 11.3 Å². The van der Waals surface area contributed by atoms with E-state index in [9.17, 15) is 9.59 Å². The molecule has 6 heteroatoms. The SMILES string of the molecule is Cc1cc(C(C)NC(=O)C2CNC(=O)N2)c(C)s1. The first-order chi connectivity index (χ1) is 8.47. The van der Waals surface area contributed by atoms with Gasteiger partial charge in [0.25, 0.3) is 0 Å². The van der Waals surface area contributed by atoms with Gasteiger partial charge < -0.3 is 16.0 Å². The summed E-state index contributed by atoms with van der Waals surface area (Å²) in [6.45, 7) is 6.40. The largest absolute Gasteiger partial charge is 0.348 e. The zero-order chi connectivity index (χ0) is 13.3. The second-order valence-corrected chi connectivity index (χ2v) is 5.97. The fourth-order valence-corrected chi connectivity index (χ4v) is 3.11. The average Bonchev–Trinajstić information content (AvgIpc) is 2.84. The normalized spacial score (nSPS) is 20.2. The summed E-state index contributed by atoms with van der Waals surface area (Å²) in [6, 6.07) is 1.29. The molecule has 5 nitrogen and oxygen atoms in total. The molecular formula is C12H17N3O2S. The van der Waals surface area contributed by atoms with Crippen LogP contribution in [0.1, 0.15) is 28.3 Å². The lowest BCUT2D eigenvalue weighted by molar-refractivity contribution is -0.123. The van der Waals surface area contributed by atoms with Crippen molar-refractivity contribution < 1.29 is 9.59 Å². The van der Waals surface area contributed by atoms with Gasteiger partial charge in [0.15, 0.2) is 0 Å². The van der Waals surface area contributed by atoms with Gasteiger partial charge in [-0.25, -0.2) is 4.79 Å². The Kier molecular flexibility index (Phi) is 3.56. The molecule has 1 aliphatic rings. The molecule has 0 aromatic carbocycles. The van der Waals surface area contributed by atoms with Crippen molar-refractivity contribution in [3.63, 3.8) is 0 Å². The van der Waals surface area contributed by atoms with Gasteiger partial charge in [0.2, 0.25) is 5.91 Å². The van der Waals surface area contributed by atoms with Crippen LogP contribution in [0.25, 0.3) is 0 Å². The Morgan fingerprint density at radius 2 is 2.28 bits per heavy atom. The topological polar surface area (TPSA) is 70.2 Å². The van der Waals surface area contributed by atoms with Gasteiger partial charge in [-0.2, -0.15) is 0 Å². The van der Waals surface area contributed by atoms with Gasteiger partial charge in [0.1, 0.15) is 6.04 Å². The molecule has 1 aliphatic heterocycles. The molecule has 0 saturated carbocycles. The molecular weight excluding hydrogens is 250 g/mol. The maximum atomic E-state index is 11.9. The van der Waals surface area contributed by atoms with Crippen LogP contribution in [0.4, 0.5) is 4.79 Å². The van der Waals surface area contributed by atoms with Crippen molar-refractivity contribution in [2.24, 2.45) is 0 Å². The third-order valence-corrected chi connectivity index (χ3v) is 3.97. The summed E-state index contributed by atoms with van der Waals surface area (Å²) >= 11 is 1.72. The number of hydrogen-bond donors (Lipinski definition) is 3. The summed E-state index contributed by atoms with van der Waals surface area (Å²) in [5.41, 5.74) is 1.14. The lowest BCUT2D eigenvalue weighted by Crippen LogP contribution is -2.43. The molecule has 1 fully saturated rings. The number of aryl methyl sites for hydroxylation is 2. The molecule has 2 heterocycles. The molecule has 2 rings (SSSR count). The number of rotatable bonds is 3. The van der Waals surface area contributed by atoms with E-state index in [-0.39, 0.29) is 18.0 Å². The van der Waals surface area contributed by atoms with E-state index >= 15 is 0 Å². The average molecular weight is 267 g/mol. The molecule has 1 aromatic rings. The summed E-state index contributed by atoms with van der Waals surface area (Å²) in [5.74, 6) is -0.149. The summed E-state index contributed by atoms with van der Waals surface area (Å²) in [4.78, 5) is 25.4. The molecule has 98 valence electrons. The van der Waals surface area contributed by atoms with Gasteiger partial charge >= 0.3 is 6.03 Å². The minimum atomic E-state index is -0.472. The number of urea groups is 1. The zero-order valence-electron chi connectivity index (χ0n) is 10.7. The van der Waals surface area contributed by atoms with Crippen LogP contribution in [0.5, 0.6) is 0 Å². The molecule has 0 spiro atoms. The van der Waals surface area contributed by atoms with Crippen molar-refractivity contribution in [1.82, 2.24) is 16.0 Å². The van der Waals surface area contributed by atoms with Crippen molar-refractivity contribution in [3.8, 4) is 0 Å². The molecule has 0 bridgehead atoms. The zero-order valence-corrected chi connectivity index (χ0v) is 11.5. The Morgan fingerprint density at radius 3 is 2.78 bits per heavy atom. The molecule has 0 radical (unpaired) electrons. The molecule has 18 heavy (non-hydrogen) atoms. The van der Waals surface area contributed by atoms with Crippen molar-refractivity contribution >= 4 is 23.3 Å². The summed E-state index contributed by atoms with van der Waals surface area (Å²) in [5, 5.41) is 8.07. The molecule has 1 aromatic heterocycles. The highest BCUT2D eigenvalue weighted by Gasteiger charge is 2.27. The quantitative estimate of drug-likeness (QED) is 0.770. The number of amides is 3. The second kappa shape index (κ2) is 4.97. The molecule has 0 aliphatic carbocycles. The van der Waals surface area contributed by atoms with E-state index in [0.717, 1.165) is 5.56 Å². The highest BCUT2D eigenvalue weighted by molar-refractivity contribution is 7.12. The van der Waals surface area contributed by atoms with E-state index in [2.05, 4.69) is 35.9 Å². The predicted molar refractivity (Wildman–Crippen MR) is 70.7 cm³/mol. The van der Waals surface area contributed by atoms with Crippen LogP contribution in [0.3, 0.4) is 0 Å². The number of carbonyl (C=O) groups excluding carboxylic acids is 2. The lowest BCUT2D eigenvalue weighted by atomic mass is 10.1. The van der Waals surface area contributed by atoms with Gasteiger partial charge in [0.05, 0.1) is 6.04 Å². The third-order valence-electron chi connectivity index (χ3n) is 2.99. The summed E-state index contributed by atoms with van der Waals surface area (Å²) in [7, 11) is 0. The van der Waals surface area contributed by atoms with E-state index in [1.807, 2.05) is 6.92 Å². The number of carbonyl (C=O) groups is 2. The van der Waals surface area contributed by atoms with Crippen LogP contribution in [0.2, 0.25) is 0 Å². The maximum absolute atomic E-state index is 11.9. The van der Waals surface area contributed by atoms with E-state index in [0.29, 0.717) is 6.54 Å². The first kappa shape index (κ1) is 12.9. The fourth-order valence-electron chi connectivity index (χ4n) is 2.09. The van der Waals surface area contributed by atoms with Crippen LogP contribution in [-0.2, 0) is 4.79 Å². The van der Waals surface area contributed by atoms with Crippen molar-refractivity contribution in [1.29, 1.82) is 0 Å². The van der Waals surface area contributed by atoms with Crippen molar-refractivity contribution in [2.45, 2.75) is 32.9 Å². The first-order valence-corrected chi connectivity index (χ1v) is 6.70. The molecule has 3 amide bonds. The van der Waals surface area contributed by atoms with Gasteiger partial charge in [0, 0.05) is 16.3 Å². The van der Waals surface area contributed by atoms with Gasteiger partial charge in [-0.3, -0.25) is 4.79 Å². The minimum absolute atomic E-state index is 0.0417. The smallest absolute Gasteiger partial charge is 0.315 e. The van der Waals surface area contributed by atoms with Gasteiger partial charge in [-0.1, -0.05) is 0 Å². The number of thiophene rings is 1. The summed E-state index contributed by atoms with van der Waals surface area (Å²) < 4.78 is 0. The Balaban J connectivity index is 1.99. The Morgan fingerprint density at radius 1 is 1.56 bits per heavy atom. The van der Waals surface area contributed by atoms with Crippen LogP contribution in [0, 0.1) is 13.8 Å². The predicted octanol–water partition coefficient (Wildman–Crippen LogP) is 1.22. The molecule has 2 unspecified atom stereocenters. The van der Waals surface area contributed by atoms with Crippen molar-refractivity contribution in [2.75, 3.05) is 6.54 Å². The maximum Gasteiger partial charge on any atom is 0.315 e. The molecule has 1 saturated heterocycles. The standard InChI is InChI=1S/C12H17N3O2S/c1-6-4-9(8(3)18-6)7(2)14-11(16)10-5-13-12(17)15-10/h4,7,10H,5H2,1-3H3,(H,14,16)(H2,13,15,17). The van der Waals surface area contributed by atoms with Crippen LogP contribution < -0.4 is 16.0 Å². The molecule has 2 atom stereocenters. The third kappa shape index (κ3) is 2.64. The Bertz CT molecular complexity index is 484.